The summed E-state index contributed by atoms with van der Waals surface area (Å²) in [5, 5.41) is 4.08. The van der Waals surface area contributed by atoms with Gasteiger partial charge >= 0.3 is 0 Å². The first-order valence-electron chi connectivity index (χ1n) is 9.58. The van der Waals surface area contributed by atoms with Crippen molar-refractivity contribution in [2.45, 2.75) is 52.2 Å². The van der Waals surface area contributed by atoms with E-state index in [4.69, 9.17) is 21.1 Å². The second-order valence-corrected chi connectivity index (χ2v) is 7.01. The van der Waals surface area contributed by atoms with E-state index in [0.717, 1.165) is 17.7 Å². The number of hydrogen-bond donors (Lipinski definition) is 1. The summed E-state index contributed by atoms with van der Waals surface area (Å²) in [6.07, 6.45) is 6.30. The van der Waals surface area contributed by atoms with Gasteiger partial charge in [-0.3, -0.25) is 0 Å². The van der Waals surface area contributed by atoms with Crippen LogP contribution in [0.3, 0.4) is 0 Å². The summed E-state index contributed by atoms with van der Waals surface area (Å²) in [5.41, 5.74) is 1.86. The zero-order chi connectivity index (χ0) is 19.5. The van der Waals surface area contributed by atoms with Crippen LogP contribution in [0.2, 0.25) is 5.02 Å². The van der Waals surface area contributed by atoms with Gasteiger partial charge in [0, 0.05) is 17.6 Å². The highest BCUT2D eigenvalue weighted by Gasteiger charge is 2.11. The normalized spacial score (nSPS) is 10.8. The maximum atomic E-state index is 13.0. The van der Waals surface area contributed by atoms with Gasteiger partial charge in [0.2, 0.25) is 0 Å². The Morgan fingerprint density at radius 2 is 1.74 bits per heavy atom. The van der Waals surface area contributed by atoms with Gasteiger partial charge in [-0.2, -0.15) is 0 Å². The average Bonchev–Trinajstić information content (AvgIpc) is 2.68. The molecule has 0 fully saturated rings. The van der Waals surface area contributed by atoms with Crippen molar-refractivity contribution in [3.63, 3.8) is 0 Å². The molecule has 0 aliphatic rings. The van der Waals surface area contributed by atoms with Crippen LogP contribution in [-0.4, -0.2) is 13.7 Å². The number of unbranched alkanes of at least 4 members (excludes halogenated alkanes) is 4. The van der Waals surface area contributed by atoms with E-state index in [2.05, 4.69) is 12.2 Å². The Bertz CT molecular complexity index is 691. The summed E-state index contributed by atoms with van der Waals surface area (Å²) in [7, 11) is 1.61. The Hall–Kier alpha value is -1.78. The predicted octanol–water partition coefficient (Wildman–Crippen LogP) is 6.13. The Kier molecular flexibility index (Phi) is 9.43. The maximum Gasteiger partial charge on any atom is 0.163 e. The maximum absolute atomic E-state index is 13.0. The molecule has 2 rings (SSSR count). The summed E-state index contributed by atoms with van der Waals surface area (Å²) in [6, 6.07) is 9.92. The predicted molar refractivity (Wildman–Crippen MR) is 109 cm³/mol. The van der Waals surface area contributed by atoms with E-state index in [9.17, 15) is 4.39 Å². The SMILES string of the molecule is CCCCCCCNCc1cc(OC)c(OCc2ccc(F)cc2)cc1Cl. The molecular weight excluding hydrogens is 365 g/mol. The van der Waals surface area contributed by atoms with Crippen molar-refractivity contribution in [3.05, 3.63) is 58.4 Å². The van der Waals surface area contributed by atoms with Gasteiger partial charge in [-0.25, -0.2) is 4.39 Å². The molecule has 0 saturated carbocycles. The summed E-state index contributed by atoms with van der Waals surface area (Å²) < 4.78 is 24.3. The van der Waals surface area contributed by atoms with Crippen LogP contribution in [0.15, 0.2) is 36.4 Å². The minimum atomic E-state index is -0.262. The summed E-state index contributed by atoms with van der Waals surface area (Å²) in [5.74, 6) is 0.956. The number of halogens is 2. The van der Waals surface area contributed by atoms with Gasteiger partial charge in [0.1, 0.15) is 12.4 Å². The summed E-state index contributed by atoms with van der Waals surface area (Å²) in [4.78, 5) is 0. The molecule has 0 radical (unpaired) electrons. The van der Waals surface area contributed by atoms with Crippen molar-refractivity contribution >= 4 is 11.6 Å². The molecular formula is C22H29ClFNO2. The molecule has 0 saturated heterocycles. The average molecular weight is 394 g/mol. The first kappa shape index (κ1) is 21.5. The van der Waals surface area contributed by atoms with Gasteiger partial charge in [-0.05, 0) is 42.3 Å². The van der Waals surface area contributed by atoms with Gasteiger partial charge < -0.3 is 14.8 Å². The van der Waals surface area contributed by atoms with Gasteiger partial charge in [0.05, 0.1) is 7.11 Å². The smallest absolute Gasteiger partial charge is 0.163 e. The summed E-state index contributed by atoms with van der Waals surface area (Å²) in [6.45, 7) is 4.22. The Balaban J connectivity index is 1.88. The van der Waals surface area contributed by atoms with E-state index in [0.29, 0.717) is 29.7 Å². The molecule has 0 spiro atoms. The van der Waals surface area contributed by atoms with E-state index in [1.165, 1.54) is 44.2 Å². The van der Waals surface area contributed by atoms with Gasteiger partial charge in [-0.15, -0.1) is 0 Å². The Labute approximate surface area is 166 Å². The third-order valence-electron chi connectivity index (χ3n) is 4.41. The zero-order valence-corrected chi connectivity index (χ0v) is 16.9. The molecule has 0 unspecified atom stereocenters. The number of benzene rings is 2. The standard InChI is InChI=1S/C22H29ClFNO2/c1-3-4-5-6-7-12-25-15-18-13-21(26-2)22(14-20(18)23)27-16-17-8-10-19(24)11-9-17/h8-11,13-14,25H,3-7,12,15-16H2,1-2H3. The van der Waals surface area contributed by atoms with Crippen LogP contribution in [0.4, 0.5) is 4.39 Å². The Morgan fingerprint density at radius 1 is 1.00 bits per heavy atom. The molecule has 0 aliphatic carbocycles. The zero-order valence-electron chi connectivity index (χ0n) is 16.2. The molecule has 5 heteroatoms. The molecule has 0 bridgehead atoms. The third-order valence-corrected chi connectivity index (χ3v) is 4.76. The van der Waals surface area contributed by atoms with Crippen molar-refractivity contribution in [2.24, 2.45) is 0 Å². The quantitative estimate of drug-likeness (QED) is 0.440. The second-order valence-electron chi connectivity index (χ2n) is 6.60. The third kappa shape index (κ3) is 7.39. The molecule has 0 aliphatic heterocycles. The van der Waals surface area contributed by atoms with Crippen LogP contribution in [0.1, 0.15) is 50.2 Å². The molecule has 148 valence electrons. The van der Waals surface area contributed by atoms with Crippen molar-refractivity contribution < 1.29 is 13.9 Å². The van der Waals surface area contributed by atoms with Crippen LogP contribution >= 0.6 is 11.6 Å². The monoisotopic (exact) mass is 393 g/mol. The van der Waals surface area contributed by atoms with Gasteiger partial charge in [-0.1, -0.05) is 56.3 Å². The highest BCUT2D eigenvalue weighted by molar-refractivity contribution is 6.31. The fourth-order valence-corrected chi connectivity index (χ4v) is 3.02. The van der Waals surface area contributed by atoms with E-state index in [1.54, 1.807) is 25.3 Å². The number of nitrogens with one attached hydrogen (secondary N) is 1. The first-order valence-corrected chi connectivity index (χ1v) is 9.96. The topological polar surface area (TPSA) is 30.5 Å². The lowest BCUT2D eigenvalue weighted by Crippen LogP contribution is -2.15. The first-order chi connectivity index (χ1) is 13.1. The van der Waals surface area contributed by atoms with Crippen LogP contribution in [0.5, 0.6) is 11.5 Å². The van der Waals surface area contributed by atoms with E-state index < -0.39 is 0 Å². The number of rotatable bonds is 12. The molecule has 2 aromatic rings. The van der Waals surface area contributed by atoms with Crippen LogP contribution in [0.25, 0.3) is 0 Å². The van der Waals surface area contributed by atoms with Crippen molar-refractivity contribution in [1.82, 2.24) is 5.32 Å². The molecule has 27 heavy (non-hydrogen) atoms. The molecule has 0 amide bonds. The van der Waals surface area contributed by atoms with Crippen molar-refractivity contribution in [2.75, 3.05) is 13.7 Å². The largest absolute Gasteiger partial charge is 0.493 e. The van der Waals surface area contributed by atoms with E-state index in [-0.39, 0.29) is 5.82 Å². The van der Waals surface area contributed by atoms with Crippen molar-refractivity contribution in [3.8, 4) is 11.5 Å². The van der Waals surface area contributed by atoms with Crippen LogP contribution in [-0.2, 0) is 13.2 Å². The molecule has 1 N–H and O–H groups in total. The molecule has 0 atom stereocenters. The molecule has 0 aromatic heterocycles. The highest BCUT2D eigenvalue weighted by Crippen LogP contribution is 2.34. The highest BCUT2D eigenvalue weighted by atomic mass is 35.5. The van der Waals surface area contributed by atoms with E-state index >= 15 is 0 Å². The number of methoxy groups -OCH3 is 1. The van der Waals surface area contributed by atoms with E-state index in [1.807, 2.05) is 6.07 Å². The molecule has 3 nitrogen and oxygen atoms in total. The van der Waals surface area contributed by atoms with Crippen molar-refractivity contribution in [1.29, 1.82) is 0 Å². The molecule has 0 heterocycles. The fourth-order valence-electron chi connectivity index (χ4n) is 2.80. The Morgan fingerprint density at radius 3 is 2.44 bits per heavy atom. The number of hydrogen-bond acceptors (Lipinski definition) is 3. The minimum Gasteiger partial charge on any atom is -0.493 e. The summed E-state index contributed by atoms with van der Waals surface area (Å²) >= 11 is 6.42. The minimum absolute atomic E-state index is 0.262. The van der Waals surface area contributed by atoms with Crippen LogP contribution < -0.4 is 14.8 Å². The lowest BCUT2D eigenvalue weighted by molar-refractivity contribution is 0.284. The number of ether oxygens (including phenoxy) is 2. The fraction of sp³-hybridized carbons (Fsp3) is 0.455. The molecule has 2 aromatic carbocycles. The lowest BCUT2D eigenvalue weighted by Gasteiger charge is -2.14. The lowest BCUT2D eigenvalue weighted by atomic mass is 10.1. The van der Waals surface area contributed by atoms with Crippen LogP contribution in [0, 0.1) is 5.82 Å². The van der Waals surface area contributed by atoms with Gasteiger partial charge in [0.15, 0.2) is 11.5 Å². The van der Waals surface area contributed by atoms with Gasteiger partial charge in [0.25, 0.3) is 0 Å². The second kappa shape index (κ2) is 11.8.